The number of esters is 1. The number of ether oxygens (including phenoxy) is 1. The van der Waals surface area contributed by atoms with Crippen LogP contribution in [0.25, 0.3) is 11.0 Å². The normalized spacial score (nSPS) is 10.7. The van der Waals surface area contributed by atoms with Crippen LogP contribution in [0.2, 0.25) is 0 Å². The summed E-state index contributed by atoms with van der Waals surface area (Å²) < 4.78 is 7.23. The summed E-state index contributed by atoms with van der Waals surface area (Å²) in [5, 5.41) is 9.82. The van der Waals surface area contributed by atoms with Gasteiger partial charge in [-0.15, -0.1) is 0 Å². The molecule has 0 aliphatic rings. The Balaban J connectivity index is 1.67. The molecule has 31 heavy (non-hydrogen) atoms. The van der Waals surface area contributed by atoms with E-state index in [9.17, 15) is 4.79 Å². The predicted molar refractivity (Wildman–Crippen MR) is 120 cm³/mol. The summed E-state index contributed by atoms with van der Waals surface area (Å²) in [4.78, 5) is 21.4. The molecule has 0 aliphatic carbocycles. The Morgan fingerprint density at radius 1 is 1.16 bits per heavy atom. The number of nitriles is 1. The van der Waals surface area contributed by atoms with Crippen LogP contribution in [0.5, 0.6) is 0 Å². The Kier molecular flexibility index (Phi) is 6.29. The zero-order valence-corrected chi connectivity index (χ0v) is 17.8. The van der Waals surface area contributed by atoms with Gasteiger partial charge < -0.3 is 9.30 Å². The van der Waals surface area contributed by atoms with E-state index in [1.807, 2.05) is 48.5 Å². The van der Waals surface area contributed by atoms with Gasteiger partial charge in [0.15, 0.2) is 5.16 Å². The first-order chi connectivity index (χ1) is 15.2. The van der Waals surface area contributed by atoms with Crippen molar-refractivity contribution < 1.29 is 9.53 Å². The van der Waals surface area contributed by atoms with E-state index in [0.717, 1.165) is 27.4 Å². The molecule has 0 saturated heterocycles. The number of fused-ring (bicyclic) bond motifs is 1. The summed E-state index contributed by atoms with van der Waals surface area (Å²) in [6.07, 6.45) is 1.77. The molecule has 0 bridgehead atoms. The molecule has 0 unspecified atom stereocenters. The molecule has 0 fully saturated rings. The fourth-order valence-electron chi connectivity index (χ4n) is 3.19. The second-order valence-electron chi connectivity index (χ2n) is 6.82. The van der Waals surface area contributed by atoms with Crippen molar-refractivity contribution in [1.82, 2.24) is 14.5 Å². The van der Waals surface area contributed by atoms with Crippen LogP contribution in [0.3, 0.4) is 0 Å². The monoisotopic (exact) mass is 428 g/mol. The third-order valence-corrected chi connectivity index (χ3v) is 5.77. The number of pyridine rings is 1. The molecule has 154 valence electrons. The maximum absolute atomic E-state index is 12.1. The standard InChI is InChI=1S/C24H20N4O2S/c1-2-30-23(29)19-10-11-22-21(13-19)27-24(28(22)15-20-5-3-4-12-26-20)31-16-18-8-6-17(14-25)7-9-18/h3-13H,2,15-16H2,1H3. The second kappa shape index (κ2) is 9.45. The number of carbonyl (C=O) groups is 1. The first kappa shape index (κ1) is 20.6. The number of hydrogen-bond acceptors (Lipinski definition) is 6. The van der Waals surface area contributed by atoms with Crippen molar-refractivity contribution in [3.05, 3.63) is 89.2 Å². The van der Waals surface area contributed by atoms with Gasteiger partial charge in [0.2, 0.25) is 0 Å². The number of rotatable bonds is 7. The highest BCUT2D eigenvalue weighted by Crippen LogP contribution is 2.28. The SMILES string of the molecule is CCOC(=O)c1ccc2c(c1)nc(SCc1ccc(C#N)cc1)n2Cc1ccccn1. The van der Waals surface area contributed by atoms with Gasteiger partial charge in [0.25, 0.3) is 0 Å². The zero-order valence-electron chi connectivity index (χ0n) is 17.0. The number of nitrogens with zero attached hydrogens (tertiary/aromatic N) is 4. The third kappa shape index (κ3) is 4.76. The molecular weight excluding hydrogens is 408 g/mol. The van der Waals surface area contributed by atoms with Gasteiger partial charge in [-0.2, -0.15) is 5.26 Å². The molecule has 0 aliphatic heterocycles. The maximum Gasteiger partial charge on any atom is 0.338 e. The Morgan fingerprint density at radius 3 is 2.71 bits per heavy atom. The lowest BCUT2D eigenvalue weighted by Gasteiger charge is -2.09. The summed E-state index contributed by atoms with van der Waals surface area (Å²) in [5.74, 6) is 0.359. The zero-order chi connectivity index (χ0) is 21.6. The number of benzene rings is 2. The number of thioether (sulfide) groups is 1. The highest BCUT2D eigenvalue weighted by Gasteiger charge is 2.15. The minimum atomic E-state index is -0.351. The van der Waals surface area contributed by atoms with E-state index in [0.29, 0.717) is 30.0 Å². The molecule has 0 spiro atoms. The van der Waals surface area contributed by atoms with E-state index in [-0.39, 0.29) is 5.97 Å². The highest BCUT2D eigenvalue weighted by atomic mass is 32.2. The molecular formula is C24H20N4O2S. The van der Waals surface area contributed by atoms with Gasteiger partial charge >= 0.3 is 5.97 Å². The lowest BCUT2D eigenvalue weighted by molar-refractivity contribution is 0.0526. The summed E-state index contributed by atoms with van der Waals surface area (Å²) in [5.41, 5.74) is 4.83. The Hall–Kier alpha value is -3.63. The molecule has 0 amide bonds. The van der Waals surface area contributed by atoms with Gasteiger partial charge in [-0.3, -0.25) is 4.98 Å². The first-order valence-corrected chi connectivity index (χ1v) is 10.9. The molecule has 6 nitrogen and oxygen atoms in total. The molecule has 0 saturated carbocycles. The second-order valence-corrected chi connectivity index (χ2v) is 7.77. The molecule has 0 atom stereocenters. The predicted octanol–water partition coefficient (Wildman–Crippen LogP) is 4.82. The van der Waals surface area contributed by atoms with Crippen LogP contribution < -0.4 is 0 Å². The lowest BCUT2D eigenvalue weighted by atomic mass is 10.2. The fraction of sp³-hybridized carbons (Fsp3) is 0.167. The molecule has 0 radical (unpaired) electrons. The summed E-state index contributed by atoms with van der Waals surface area (Å²) in [7, 11) is 0. The van der Waals surface area contributed by atoms with Crippen molar-refractivity contribution in [2.45, 2.75) is 24.4 Å². The number of hydrogen-bond donors (Lipinski definition) is 0. The quantitative estimate of drug-likeness (QED) is 0.310. The van der Waals surface area contributed by atoms with Crippen LogP contribution in [-0.4, -0.2) is 27.1 Å². The summed E-state index contributed by atoms with van der Waals surface area (Å²) >= 11 is 1.61. The average molecular weight is 429 g/mol. The Labute approximate surface area is 184 Å². The molecule has 4 rings (SSSR count). The van der Waals surface area contributed by atoms with Crippen molar-refractivity contribution in [3.8, 4) is 6.07 Å². The largest absolute Gasteiger partial charge is 0.462 e. The minimum absolute atomic E-state index is 0.330. The topological polar surface area (TPSA) is 80.8 Å². The van der Waals surface area contributed by atoms with Gasteiger partial charge in [-0.25, -0.2) is 9.78 Å². The fourth-order valence-corrected chi connectivity index (χ4v) is 4.16. The minimum Gasteiger partial charge on any atom is -0.462 e. The number of imidazole rings is 1. The molecule has 0 N–H and O–H groups in total. The van der Waals surface area contributed by atoms with Gasteiger partial charge in [0.1, 0.15) is 0 Å². The average Bonchev–Trinajstić information content (AvgIpc) is 3.15. The summed E-state index contributed by atoms with van der Waals surface area (Å²) in [6, 6.07) is 21.0. The van der Waals surface area contributed by atoms with E-state index < -0.39 is 0 Å². The van der Waals surface area contributed by atoms with Crippen molar-refractivity contribution in [2.24, 2.45) is 0 Å². The van der Waals surface area contributed by atoms with Gasteiger partial charge in [0, 0.05) is 11.9 Å². The molecule has 4 aromatic rings. The number of aromatic nitrogens is 3. The van der Waals surface area contributed by atoms with E-state index in [1.54, 1.807) is 37.0 Å². The molecule has 2 aromatic carbocycles. The molecule has 7 heteroatoms. The smallest absolute Gasteiger partial charge is 0.338 e. The molecule has 2 aromatic heterocycles. The Bertz CT molecular complexity index is 1240. The summed E-state index contributed by atoms with van der Waals surface area (Å²) in [6.45, 7) is 2.69. The van der Waals surface area contributed by atoms with Crippen LogP contribution in [0.4, 0.5) is 0 Å². The highest BCUT2D eigenvalue weighted by molar-refractivity contribution is 7.98. The third-order valence-electron chi connectivity index (χ3n) is 4.72. The van der Waals surface area contributed by atoms with Crippen LogP contribution >= 0.6 is 11.8 Å². The van der Waals surface area contributed by atoms with Gasteiger partial charge in [-0.05, 0) is 55.0 Å². The van der Waals surface area contributed by atoms with E-state index in [1.165, 1.54) is 0 Å². The van der Waals surface area contributed by atoms with Crippen LogP contribution in [0.1, 0.15) is 34.1 Å². The van der Waals surface area contributed by atoms with Crippen LogP contribution in [-0.2, 0) is 17.0 Å². The van der Waals surface area contributed by atoms with E-state index >= 15 is 0 Å². The van der Waals surface area contributed by atoms with Crippen molar-refractivity contribution in [1.29, 1.82) is 5.26 Å². The van der Waals surface area contributed by atoms with Crippen molar-refractivity contribution in [3.63, 3.8) is 0 Å². The first-order valence-electron chi connectivity index (χ1n) is 9.87. The lowest BCUT2D eigenvalue weighted by Crippen LogP contribution is -2.05. The van der Waals surface area contributed by atoms with Crippen molar-refractivity contribution >= 4 is 28.8 Å². The maximum atomic E-state index is 12.1. The number of carbonyl (C=O) groups excluding carboxylic acids is 1. The van der Waals surface area contributed by atoms with Crippen molar-refractivity contribution in [2.75, 3.05) is 6.61 Å². The van der Waals surface area contributed by atoms with Gasteiger partial charge in [0.05, 0.1) is 47.1 Å². The van der Waals surface area contributed by atoms with Crippen LogP contribution in [0.15, 0.2) is 72.0 Å². The van der Waals surface area contributed by atoms with Gasteiger partial charge in [-0.1, -0.05) is 30.0 Å². The molecule has 2 heterocycles. The van der Waals surface area contributed by atoms with E-state index in [4.69, 9.17) is 15.0 Å². The van der Waals surface area contributed by atoms with Crippen LogP contribution in [0, 0.1) is 11.3 Å². The Morgan fingerprint density at radius 2 is 2.00 bits per heavy atom. The van der Waals surface area contributed by atoms with E-state index in [2.05, 4.69) is 15.6 Å².